The van der Waals surface area contributed by atoms with Gasteiger partial charge in [-0.1, -0.05) is 19.4 Å². The van der Waals surface area contributed by atoms with Gasteiger partial charge in [-0.3, -0.25) is 19.2 Å². The molecule has 1 aromatic heterocycles. The third kappa shape index (κ3) is 4.73. The van der Waals surface area contributed by atoms with Gasteiger partial charge < -0.3 is 30.1 Å². The SMILES string of the molecule is CCn1c(C(O)C(=O)[C@@]2(O)CC[C@H]3[C@@H]4CCC5=CC(=O)CC[C@]5(C)[C@H]4C(=O)C[C@@]32C)c(C(=O)O)c(=O)c2cc(F)c(N3CCNCC3)cc21. The molecule has 12 heteroatoms. The maximum absolute atomic E-state index is 15.4. The number of fused-ring (bicyclic) bond motifs is 6. The summed E-state index contributed by atoms with van der Waals surface area (Å²) in [6.07, 6.45) is 1.98. The summed E-state index contributed by atoms with van der Waals surface area (Å²) in [6, 6.07) is 2.47. The topological polar surface area (TPSA) is 166 Å². The Morgan fingerprint density at radius 1 is 1.08 bits per heavy atom. The van der Waals surface area contributed by atoms with Crippen LogP contribution in [0, 0.1) is 34.4 Å². The minimum absolute atomic E-state index is 0.0286. The van der Waals surface area contributed by atoms with Crippen LogP contribution in [0.2, 0.25) is 0 Å². The first-order chi connectivity index (χ1) is 23.2. The lowest BCUT2D eigenvalue weighted by Gasteiger charge is -2.57. The number of benzene rings is 1. The average Bonchev–Trinajstić information content (AvgIpc) is 3.34. The Hall–Kier alpha value is -3.74. The number of aromatic nitrogens is 1. The Balaban J connectivity index is 1.30. The first-order valence-electron chi connectivity index (χ1n) is 17.5. The van der Waals surface area contributed by atoms with Gasteiger partial charge in [0.2, 0.25) is 5.43 Å². The van der Waals surface area contributed by atoms with E-state index in [1.54, 1.807) is 19.9 Å². The van der Waals surface area contributed by atoms with Crippen LogP contribution in [0.15, 0.2) is 28.6 Å². The number of nitrogens with zero attached hydrogens (tertiary/aromatic N) is 2. The highest BCUT2D eigenvalue weighted by atomic mass is 19.1. The maximum Gasteiger partial charge on any atom is 0.341 e. The number of aryl methyl sites for hydroxylation is 1. The van der Waals surface area contributed by atoms with Crippen molar-refractivity contribution in [3.63, 3.8) is 0 Å². The summed E-state index contributed by atoms with van der Waals surface area (Å²) in [4.78, 5) is 69.1. The third-order valence-corrected chi connectivity index (χ3v) is 13.1. The fourth-order valence-electron chi connectivity index (χ4n) is 10.6. The summed E-state index contributed by atoms with van der Waals surface area (Å²) in [5.41, 5.74) is -4.90. The van der Waals surface area contributed by atoms with E-state index in [9.17, 15) is 39.3 Å². The number of nitrogens with one attached hydrogen (secondary N) is 1. The molecule has 262 valence electrons. The molecule has 0 amide bonds. The Morgan fingerprint density at radius 3 is 2.47 bits per heavy atom. The van der Waals surface area contributed by atoms with E-state index >= 15 is 4.39 Å². The smallest absolute Gasteiger partial charge is 0.341 e. The number of carboxylic acid groups (broad SMARTS) is 1. The Kier molecular flexibility index (Phi) is 8.03. The van der Waals surface area contributed by atoms with Crippen LogP contribution >= 0.6 is 0 Å². The van der Waals surface area contributed by atoms with Crippen LogP contribution < -0.4 is 15.6 Å². The van der Waals surface area contributed by atoms with Gasteiger partial charge in [0.05, 0.1) is 16.9 Å². The van der Waals surface area contributed by atoms with E-state index in [1.807, 2.05) is 4.90 Å². The quantitative estimate of drug-likeness (QED) is 0.356. The fraction of sp³-hybridized carbons (Fsp3) is 0.595. The molecule has 0 spiro atoms. The van der Waals surface area contributed by atoms with Crippen LogP contribution in [-0.2, 0) is 20.9 Å². The molecule has 4 aliphatic carbocycles. The molecule has 1 aromatic carbocycles. The number of carbonyl (C=O) groups excluding carboxylic acids is 3. The number of pyridine rings is 1. The molecule has 2 aromatic rings. The van der Waals surface area contributed by atoms with Crippen molar-refractivity contribution >= 4 is 39.9 Å². The molecule has 7 atom stereocenters. The number of hydrogen-bond donors (Lipinski definition) is 4. The Morgan fingerprint density at radius 2 is 1.80 bits per heavy atom. The van der Waals surface area contributed by atoms with Gasteiger partial charge >= 0.3 is 5.97 Å². The number of carboxylic acids is 1. The van der Waals surface area contributed by atoms with E-state index in [4.69, 9.17) is 0 Å². The lowest BCUT2D eigenvalue weighted by Crippen LogP contribution is -2.61. The molecule has 0 bridgehead atoms. The molecule has 1 unspecified atom stereocenters. The monoisotopic (exact) mass is 677 g/mol. The zero-order chi connectivity index (χ0) is 35.2. The highest BCUT2D eigenvalue weighted by Crippen LogP contribution is 2.67. The summed E-state index contributed by atoms with van der Waals surface area (Å²) in [7, 11) is 0. The molecule has 3 saturated carbocycles. The van der Waals surface area contributed by atoms with Crippen LogP contribution in [-0.4, -0.2) is 75.0 Å². The van der Waals surface area contributed by atoms with Crippen LogP contribution in [0.5, 0.6) is 0 Å². The van der Waals surface area contributed by atoms with Crippen molar-refractivity contribution in [2.24, 2.45) is 28.6 Å². The standard InChI is InChI=1S/C37H44FN3O8/c1-4-41-25-17-26(40-13-11-39-12-14-40)24(38)16-22(25)31(44)28(34(47)48)30(41)32(45)33(46)37(49)10-8-23-21-6-5-19-15-20(42)7-9-35(19,2)29(21)27(43)18-36(23,37)3/h15-17,21,23,29,32,39,45,49H,4-14,18H2,1-3H3,(H,47,48)/t21-,23-,29+,32?,35-,36-,37-/m0/s1. The van der Waals surface area contributed by atoms with E-state index in [0.29, 0.717) is 58.3 Å². The predicted octanol–water partition coefficient (Wildman–Crippen LogP) is 3.31. The lowest BCUT2D eigenvalue weighted by atomic mass is 9.45. The molecule has 4 fully saturated rings. The van der Waals surface area contributed by atoms with E-state index < -0.39 is 56.8 Å². The Labute approximate surface area is 283 Å². The number of rotatable bonds is 6. The number of carbonyl (C=O) groups is 4. The molecule has 11 nitrogen and oxygen atoms in total. The number of halogens is 1. The summed E-state index contributed by atoms with van der Waals surface area (Å²) in [6.45, 7) is 7.70. The van der Waals surface area contributed by atoms with Crippen LogP contribution in [0.4, 0.5) is 10.1 Å². The van der Waals surface area contributed by atoms with E-state index in [-0.39, 0.29) is 65.3 Å². The first kappa shape index (κ1) is 33.7. The van der Waals surface area contributed by atoms with Crippen molar-refractivity contribution in [3.05, 3.63) is 51.1 Å². The van der Waals surface area contributed by atoms with Gasteiger partial charge in [-0.25, -0.2) is 9.18 Å². The second kappa shape index (κ2) is 11.7. The third-order valence-electron chi connectivity index (χ3n) is 13.1. The largest absolute Gasteiger partial charge is 0.477 e. The normalized spacial score (nSPS) is 33.5. The van der Waals surface area contributed by atoms with Crippen LogP contribution in [0.1, 0.15) is 87.9 Å². The number of allylic oxidation sites excluding steroid dienone is 1. The van der Waals surface area contributed by atoms with Crippen molar-refractivity contribution in [1.82, 2.24) is 9.88 Å². The van der Waals surface area contributed by atoms with Gasteiger partial charge in [-0.2, -0.15) is 0 Å². The van der Waals surface area contributed by atoms with Gasteiger partial charge in [0.15, 0.2) is 17.7 Å². The summed E-state index contributed by atoms with van der Waals surface area (Å²) in [5, 5.41) is 37.6. The number of aliphatic hydroxyl groups is 2. The van der Waals surface area contributed by atoms with E-state index in [1.165, 1.54) is 10.6 Å². The molecule has 1 saturated heterocycles. The molecule has 0 radical (unpaired) electrons. The Bertz CT molecular complexity index is 1900. The molecule has 7 rings (SSSR count). The summed E-state index contributed by atoms with van der Waals surface area (Å²) in [5.74, 6) is -4.17. The molecule has 2 heterocycles. The highest BCUT2D eigenvalue weighted by Gasteiger charge is 2.69. The van der Waals surface area contributed by atoms with Gasteiger partial charge in [0, 0.05) is 62.3 Å². The number of aromatic carboxylic acids is 1. The molecular formula is C37H44FN3O8. The fourth-order valence-corrected chi connectivity index (χ4v) is 10.6. The summed E-state index contributed by atoms with van der Waals surface area (Å²) >= 11 is 0. The van der Waals surface area contributed by atoms with Gasteiger partial charge in [0.25, 0.3) is 0 Å². The number of Topliss-reactive ketones (excluding diaryl/α,β-unsaturated/α-hetero) is 2. The molecule has 5 aliphatic rings. The first-order valence-corrected chi connectivity index (χ1v) is 17.5. The number of hydrogen-bond acceptors (Lipinski definition) is 9. The second-order valence-electron chi connectivity index (χ2n) is 15.3. The van der Waals surface area contributed by atoms with Crippen molar-refractivity contribution < 1.29 is 38.9 Å². The van der Waals surface area contributed by atoms with Crippen molar-refractivity contribution in [2.75, 3.05) is 31.1 Å². The number of piperazine rings is 1. The number of aliphatic hydroxyl groups excluding tert-OH is 1. The van der Waals surface area contributed by atoms with Crippen LogP contribution in [0.25, 0.3) is 10.9 Å². The second-order valence-corrected chi connectivity index (χ2v) is 15.3. The van der Waals surface area contributed by atoms with Crippen LogP contribution in [0.3, 0.4) is 0 Å². The number of anilines is 1. The molecular weight excluding hydrogens is 633 g/mol. The van der Waals surface area contributed by atoms with Crippen molar-refractivity contribution in [1.29, 1.82) is 0 Å². The van der Waals surface area contributed by atoms with Gasteiger partial charge in [-0.05, 0) is 74.5 Å². The van der Waals surface area contributed by atoms with E-state index in [0.717, 1.165) is 11.6 Å². The minimum atomic E-state index is -2.22. The molecule has 4 N–H and O–H groups in total. The number of ketones is 3. The predicted molar refractivity (Wildman–Crippen MR) is 178 cm³/mol. The highest BCUT2D eigenvalue weighted by molar-refractivity contribution is 6.00. The van der Waals surface area contributed by atoms with Crippen molar-refractivity contribution in [3.8, 4) is 0 Å². The lowest BCUT2D eigenvalue weighted by molar-refractivity contribution is -0.174. The molecule has 1 aliphatic heterocycles. The zero-order valence-electron chi connectivity index (χ0n) is 28.2. The van der Waals surface area contributed by atoms with E-state index in [2.05, 4.69) is 12.2 Å². The molecule has 49 heavy (non-hydrogen) atoms. The van der Waals surface area contributed by atoms with Gasteiger partial charge in [-0.15, -0.1) is 0 Å². The summed E-state index contributed by atoms with van der Waals surface area (Å²) < 4.78 is 16.8. The van der Waals surface area contributed by atoms with Crippen molar-refractivity contribution in [2.45, 2.75) is 84.0 Å². The average molecular weight is 678 g/mol. The maximum atomic E-state index is 15.4. The minimum Gasteiger partial charge on any atom is -0.477 e. The van der Waals surface area contributed by atoms with Gasteiger partial charge in [0.1, 0.15) is 22.8 Å². The zero-order valence-corrected chi connectivity index (χ0v) is 28.2.